The molecule has 3 heterocycles. The Morgan fingerprint density at radius 3 is 2.41 bits per heavy atom. The van der Waals surface area contributed by atoms with Gasteiger partial charge in [-0.3, -0.25) is 19.3 Å². The van der Waals surface area contributed by atoms with E-state index >= 15 is 0 Å². The second-order valence-electron chi connectivity index (χ2n) is 7.63. The Morgan fingerprint density at radius 1 is 1.04 bits per heavy atom. The fraction of sp³-hybridized carbons (Fsp3) is 0.684. The SMILES string of the molecule is O=C(Cc1csc(N2CCCC2=O)n1)N1CCN(C(=O)C2CCCC2)CC1. The zero-order valence-corrected chi connectivity index (χ0v) is 16.4. The number of carbonyl (C=O) groups excluding carboxylic acids is 3. The summed E-state index contributed by atoms with van der Waals surface area (Å²) in [6.45, 7) is 3.17. The Bertz CT molecular complexity index is 720. The van der Waals surface area contributed by atoms with Gasteiger partial charge in [0.1, 0.15) is 0 Å². The molecule has 0 spiro atoms. The molecule has 0 N–H and O–H groups in total. The standard InChI is InChI=1S/C19H26N4O3S/c24-16-6-3-7-23(16)19-20-15(13-27-19)12-17(25)21-8-10-22(11-9-21)18(26)14-4-1-2-5-14/h13-14H,1-12H2. The minimum atomic E-state index is 0.0487. The van der Waals surface area contributed by atoms with Crippen molar-refractivity contribution in [2.24, 2.45) is 5.92 Å². The van der Waals surface area contributed by atoms with Crippen LogP contribution in [0.4, 0.5) is 5.13 Å². The number of piperazine rings is 1. The quantitative estimate of drug-likeness (QED) is 0.784. The predicted octanol–water partition coefficient (Wildman–Crippen LogP) is 1.67. The highest BCUT2D eigenvalue weighted by Crippen LogP contribution is 2.27. The van der Waals surface area contributed by atoms with Crippen LogP contribution in [0.15, 0.2) is 5.38 Å². The molecular formula is C19H26N4O3S. The molecule has 3 aliphatic rings. The van der Waals surface area contributed by atoms with Crippen LogP contribution in [0, 0.1) is 5.92 Å². The highest BCUT2D eigenvalue weighted by atomic mass is 32.1. The van der Waals surface area contributed by atoms with E-state index in [0.717, 1.165) is 44.3 Å². The molecular weight excluding hydrogens is 364 g/mol. The maximum atomic E-state index is 12.6. The van der Waals surface area contributed by atoms with Crippen LogP contribution in [0.25, 0.3) is 0 Å². The minimum Gasteiger partial charge on any atom is -0.339 e. The highest BCUT2D eigenvalue weighted by molar-refractivity contribution is 7.14. The van der Waals surface area contributed by atoms with Crippen LogP contribution in [-0.2, 0) is 20.8 Å². The molecule has 1 aromatic heterocycles. The lowest BCUT2D eigenvalue weighted by Crippen LogP contribution is -2.52. The number of nitrogens with zero attached hydrogens (tertiary/aromatic N) is 4. The van der Waals surface area contributed by atoms with Gasteiger partial charge in [-0.15, -0.1) is 11.3 Å². The van der Waals surface area contributed by atoms with Gasteiger partial charge in [-0.1, -0.05) is 12.8 Å². The summed E-state index contributed by atoms with van der Waals surface area (Å²) in [5, 5.41) is 2.57. The lowest BCUT2D eigenvalue weighted by Gasteiger charge is -2.36. The summed E-state index contributed by atoms with van der Waals surface area (Å²) in [7, 11) is 0. The Morgan fingerprint density at radius 2 is 1.74 bits per heavy atom. The van der Waals surface area contributed by atoms with Crippen molar-refractivity contribution in [3.8, 4) is 0 Å². The van der Waals surface area contributed by atoms with Gasteiger partial charge >= 0.3 is 0 Å². The van der Waals surface area contributed by atoms with E-state index in [1.54, 1.807) is 4.90 Å². The molecule has 0 atom stereocenters. The molecule has 146 valence electrons. The molecule has 8 heteroatoms. The van der Waals surface area contributed by atoms with E-state index in [2.05, 4.69) is 4.98 Å². The van der Waals surface area contributed by atoms with Crippen molar-refractivity contribution >= 4 is 34.2 Å². The number of carbonyl (C=O) groups is 3. The molecule has 2 saturated heterocycles. The predicted molar refractivity (Wildman–Crippen MR) is 103 cm³/mol. The smallest absolute Gasteiger partial charge is 0.228 e. The molecule has 1 aromatic rings. The average Bonchev–Trinajstić information content (AvgIpc) is 3.43. The molecule has 0 bridgehead atoms. The third-order valence-electron chi connectivity index (χ3n) is 5.82. The fourth-order valence-electron chi connectivity index (χ4n) is 4.23. The minimum absolute atomic E-state index is 0.0487. The number of hydrogen-bond acceptors (Lipinski definition) is 5. The van der Waals surface area contributed by atoms with Crippen LogP contribution in [0.3, 0.4) is 0 Å². The third-order valence-corrected chi connectivity index (χ3v) is 6.74. The van der Waals surface area contributed by atoms with Gasteiger partial charge < -0.3 is 9.80 Å². The number of rotatable bonds is 4. The molecule has 7 nitrogen and oxygen atoms in total. The first-order chi connectivity index (χ1) is 13.1. The molecule has 3 fully saturated rings. The van der Waals surface area contributed by atoms with E-state index in [-0.39, 0.29) is 30.1 Å². The van der Waals surface area contributed by atoms with Gasteiger partial charge in [0.2, 0.25) is 17.7 Å². The third kappa shape index (κ3) is 4.00. The van der Waals surface area contributed by atoms with Crippen molar-refractivity contribution in [3.05, 3.63) is 11.1 Å². The van der Waals surface area contributed by atoms with E-state index in [1.807, 2.05) is 15.2 Å². The van der Waals surface area contributed by atoms with Crippen molar-refractivity contribution in [1.82, 2.24) is 14.8 Å². The molecule has 0 aromatic carbocycles. The maximum absolute atomic E-state index is 12.6. The Labute approximate surface area is 163 Å². The van der Waals surface area contributed by atoms with Crippen LogP contribution in [-0.4, -0.2) is 65.2 Å². The molecule has 4 rings (SSSR count). The zero-order valence-electron chi connectivity index (χ0n) is 15.6. The van der Waals surface area contributed by atoms with Crippen LogP contribution >= 0.6 is 11.3 Å². The first kappa shape index (κ1) is 18.4. The molecule has 27 heavy (non-hydrogen) atoms. The van der Waals surface area contributed by atoms with Crippen LogP contribution in [0.5, 0.6) is 0 Å². The van der Waals surface area contributed by atoms with Crippen LogP contribution in [0.1, 0.15) is 44.2 Å². The zero-order chi connectivity index (χ0) is 18.8. The topological polar surface area (TPSA) is 73.8 Å². The largest absolute Gasteiger partial charge is 0.339 e. The summed E-state index contributed by atoms with van der Waals surface area (Å²) < 4.78 is 0. The van der Waals surface area contributed by atoms with Crippen molar-refractivity contribution in [3.63, 3.8) is 0 Å². The second-order valence-corrected chi connectivity index (χ2v) is 8.47. The van der Waals surface area contributed by atoms with Gasteiger partial charge in [0, 0.05) is 50.4 Å². The first-order valence-corrected chi connectivity index (χ1v) is 10.8. The van der Waals surface area contributed by atoms with Gasteiger partial charge in [-0.25, -0.2) is 4.98 Å². The molecule has 1 aliphatic carbocycles. The Hall–Kier alpha value is -1.96. The van der Waals surface area contributed by atoms with Crippen molar-refractivity contribution < 1.29 is 14.4 Å². The number of anilines is 1. The van der Waals surface area contributed by atoms with Gasteiger partial charge in [0.25, 0.3) is 0 Å². The monoisotopic (exact) mass is 390 g/mol. The Balaban J connectivity index is 1.28. The molecule has 0 unspecified atom stereocenters. The molecule has 3 amide bonds. The number of hydrogen-bond donors (Lipinski definition) is 0. The second kappa shape index (κ2) is 7.96. The van der Waals surface area contributed by atoms with E-state index in [0.29, 0.717) is 37.7 Å². The van der Waals surface area contributed by atoms with Crippen molar-refractivity contribution in [2.75, 3.05) is 37.6 Å². The summed E-state index contributed by atoms with van der Waals surface area (Å²) in [5.41, 5.74) is 0.726. The molecule has 0 radical (unpaired) electrons. The highest BCUT2D eigenvalue weighted by Gasteiger charge is 2.31. The summed E-state index contributed by atoms with van der Waals surface area (Å²) in [5.74, 6) is 0.644. The summed E-state index contributed by atoms with van der Waals surface area (Å²) in [6, 6.07) is 0. The van der Waals surface area contributed by atoms with Crippen molar-refractivity contribution in [1.29, 1.82) is 0 Å². The van der Waals surface area contributed by atoms with E-state index < -0.39 is 0 Å². The van der Waals surface area contributed by atoms with Gasteiger partial charge in [0.05, 0.1) is 12.1 Å². The maximum Gasteiger partial charge on any atom is 0.228 e. The van der Waals surface area contributed by atoms with E-state index in [1.165, 1.54) is 11.3 Å². The Kier molecular flexibility index (Phi) is 5.43. The van der Waals surface area contributed by atoms with Gasteiger partial charge in [-0.2, -0.15) is 0 Å². The summed E-state index contributed by atoms with van der Waals surface area (Å²) in [6.07, 6.45) is 6.07. The summed E-state index contributed by atoms with van der Waals surface area (Å²) >= 11 is 1.43. The average molecular weight is 391 g/mol. The molecule has 1 saturated carbocycles. The van der Waals surface area contributed by atoms with Crippen molar-refractivity contribution in [2.45, 2.75) is 44.9 Å². The van der Waals surface area contributed by atoms with Crippen LogP contribution < -0.4 is 4.90 Å². The van der Waals surface area contributed by atoms with Crippen LogP contribution in [0.2, 0.25) is 0 Å². The van der Waals surface area contributed by atoms with E-state index in [4.69, 9.17) is 0 Å². The number of aromatic nitrogens is 1. The molecule has 2 aliphatic heterocycles. The number of thiazole rings is 1. The lowest BCUT2D eigenvalue weighted by atomic mass is 10.1. The van der Waals surface area contributed by atoms with Gasteiger partial charge in [0.15, 0.2) is 5.13 Å². The lowest BCUT2D eigenvalue weighted by molar-refractivity contribution is -0.141. The fourth-order valence-corrected chi connectivity index (χ4v) is 5.09. The number of amides is 3. The normalized spacial score (nSPS) is 21.3. The first-order valence-electron chi connectivity index (χ1n) is 9.93. The summed E-state index contributed by atoms with van der Waals surface area (Å²) in [4.78, 5) is 46.9. The van der Waals surface area contributed by atoms with E-state index in [9.17, 15) is 14.4 Å². The van der Waals surface area contributed by atoms with Gasteiger partial charge in [-0.05, 0) is 19.3 Å².